The molecule has 0 radical (unpaired) electrons. The van der Waals surface area contributed by atoms with Crippen LogP contribution in [0.3, 0.4) is 0 Å². The maximum absolute atomic E-state index is 13.1. The zero-order valence-corrected chi connectivity index (χ0v) is 82.5. The van der Waals surface area contributed by atoms with Crippen molar-refractivity contribution in [3.63, 3.8) is 0 Å². The lowest BCUT2D eigenvalue weighted by Gasteiger charge is -2.12. The normalized spacial score (nSPS) is 11.3. The monoisotopic (exact) mass is 1910 g/mol. The number of carbonyl (C=O) groups excluding carboxylic acids is 5. The molecule has 15 heterocycles. The number of fused-ring (bicyclic) bond motifs is 5. The number of aromatic nitrogens is 10. The molecule has 31 heteroatoms. The molecule has 17 aromatic rings. The summed E-state index contributed by atoms with van der Waals surface area (Å²) < 4.78 is 121. The Balaban J connectivity index is 0.000000171. The first kappa shape index (κ1) is 104. The molecule has 0 bridgehead atoms. The van der Waals surface area contributed by atoms with Gasteiger partial charge >= 0.3 is 0 Å². The van der Waals surface area contributed by atoms with E-state index in [1.165, 1.54) is 52.0 Å². The standard InChI is InChI=1S/2C21H17N3O3S.2C18H19N3O3S.C15H12N2O.3C4H10/c1-15(25)19-14-17(18-10-5-6-12-22-18)21-20(11-7-13-24(19)21)28(26,27)23-16-8-3-2-4-9-16;1-15(25)20-14-18(19-9-5-6-11-22-19)21-13-17(10-12-24(20)21)28(26,27)23-16-7-3-2-4-8-16;1-12(2)20-25(23,24)17-8-6-10-21-16(13(3)22)11-14(18(17)21)15-7-4-5-9-19-15;1-12(2)20-25(23,24)14-7-9-21-17(13(3)22)11-15(18(21)10-14)16-6-4-5-8-19-16;1-11(18)15-10-12(13-6-2-4-8-16-13)14-7-3-5-9-17(14)15;3*1-4(2)3/h2*2-14,23H,1H3;2*4-12,20H,1-3H3;2-10H,1H3;3*4H,1-3H3. The molecule has 0 spiro atoms. The van der Waals surface area contributed by atoms with E-state index >= 15 is 0 Å². The molecule has 0 unspecified atom stereocenters. The number of rotatable bonds is 22. The van der Waals surface area contributed by atoms with Crippen molar-refractivity contribution in [1.82, 2.24) is 56.4 Å². The maximum atomic E-state index is 13.1. The van der Waals surface area contributed by atoms with Crippen LogP contribution in [0.4, 0.5) is 11.4 Å². The summed E-state index contributed by atoms with van der Waals surface area (Å²) in [7, 11) is -15.0. The Kier molecular flexibility index (Phi) is 35.5. The van der Waals surface area contributed by atoms with Gasteiger partial charge in [0.05, 0.1) is 94.3 Å². The molecular formula is C105H114N14O13S4. The molecule has 4 N–H and O–H groups in total. The van der Waals surface area contributed by atoms with Crippen LogP contribution in [-0.2, 0) is 40.1 Å². The summed E-state index contributed by atoms with van der Waals surface area (Å²) >= 11 is 0. The second kappa shape index (κ2) is 46.5. The van der Waals surface area contributed by atoms with E-state index in [0.717, 1.165) is 34.5 Å². The van der Waals surface area contributed by atoms with Gasteiger partial charge in [0.1, 0.15) is 9.79 Å². The number of para-hydroxylation sites is 2. The third kappa shape index (κ3) is 26.8. The quantitative estimate of drug-likeness (QED) is 0.0458. The Bertz CT molecular complexity index is 7500. The summed E-state index contributed by atoms with van der Waals surface area (Å²) in [5, 5.41) is 0. The van der Waals surface area contributed by atoms with E-state index in [2.05, 4.69) is 106 Å². The van der Waals surface area contributed by atoms with Crippen molar-refractivity contribution >= 4 is 108 Å². The topological polar surface area (TPSA) is 357 Å². The average Bonchev–Trinajstić information content (AvgIpc) is 1.59. The van der Waals surface area contributed by atoms with Crippen LogP contribution >= 0.6 is 0 Å². The Morgan fingerprint density at radius 1 is 0.257 bits per heavy atom. The summed E-state index contributed by atoms with van der Waals surface area (Å²) in [6.45, 7) is 34.0. The number of benzene rings is 2. The first-order valence-corrected chi connectivity index (χ1v) is 49.9. The summed E-state index contributed by atoms with van der Waals surface area (Å²) in [6.07, 6.45) is 16.8. The number of hydrogen-bond acceptors (Lipinski definition) is 18. The highest BCUT2D eigenvalue weighted by Gasteiger charge is 2.29. The van der Waals surface area contributed by atoms with E-state index in [-0.39, 0.29) is 60.6 Å². The average molecular weight is 1910 g/mol. The van der Waals surface area contributed by atoms with Gasteiger partial charge in [-0.05, 0) is 221 Å². The minimum Gasteiger partial charge on any atom is -0.313 e. The molecule has 17 rings (SSSR count). The molecule has 0 fully saturated rings. The number of carbonyl (C=O) groups is 5. The highest BCUT2D eigenvalue weighted by atomic mass is 32.2. The number of hydrogen-bond donors (Lipinski definition) is 4. The number of nitrogens with zero attached hydrogens (tertiary/aromatic N) is 10. The first-order valence-electron chi connectivity index (χ1n) is 44.0. The summed E-state index contributed by atoms with van der Waals surface area (Å²) in [4.78, 5) is 82.0. The van der Waals surface area contributed by atoms with E-state index in [1.807, 2.05) is 102 Å². The van der Waals surface area contributed by atoms with Crippen molar-refractivity contribution in [2.45, 2.75) is 156 Å². The van der Waals surface area contributed by atoms with Crippen molar-refractivity contribution in [2.75, 3.05) is 9.44 Å². The van der Waals surface area contributed by atoms with E-state index in [1.54, 1.807) is 241 Å². The zero-order valence-electron chi connectivity index (χ0n) is 79.2. The molecule has 0 aliphatic heterocycles. The number of Topliss-reactive ketones (excluding diaryl/α,β-unsaturated/α-hetero) is 5. The molecule has 0 saturated heterocycles. The fourth-order valence-corrected chi connectivity index (χ4v) is 19.0. The van der Waals surface area contributed by atoms with E-state index < -0.39 is 40.1 Å². The molecule has 15 aromatic heterocycles. The van der Waals surface area contributed by atoms with Crippen molar-refractivity contribution in [2.24, 2.45) is 17.8 Å². The minimum atomic E-state index is -3.89. The second-order valence-electron chi connectivity index (χ2n) is 34.1. The number of anilines is 2. The highest BCUT2D eigenvalue weighted by molar-refractivity contribution is 7.93. The molecular weight excluding hydrogens is 1790 g/mol. The molecule has 0 aliphatic rings. The third-order valence-electron chi connectivity index (χ3n) is 19.2. The molecule has 27 nitrogen and oxygen atoms in total. The van der Waals surface area contributed by atoms with Crippen LogP contribution in [0.15, 0.2) is 330 Å². The first-order chi connectivity index (χ1) is 64.5. The maximum Gasteiger partial charge on any atom is 0.264 e. The molecule has 0 atom stereocenters. The van der Waals surface area contributed by atoms with Gasteiger partial charge in [-0.15, -0.1) is 0 Å². The van der Waals surface area contributed by atoms with Crippen LogP contribution in [0, 0.1) is 17.8 Å². The molecule has 0 saturated carbocycles. The Morgan fingerprint density at radius 3 is 0.846 bits per heavy atom. The molecule has 0 aliphatic carbocycles. The predicted molar refractivity (Wildman–Crippen MR) is 540 cm³/mol. The van der Waals surface area contributed by atoms with Crippen molar-refractivity contribution in [3.05, 3.63) is 339 Å². The Hall–Kier alpha value is -14.3. The number of nitrogens with one attached hydrogen (secondary N) is 4. The fraction of sp³-hybridized carbons (Fsp3) is 0.219. The summed E-state index contributed by atoms with van der Waals surface area (Å²) in [5.41, 5.74) is 13.5. The predicted octanol–water partition coefficient (Wildman–Crippen LogP) is 22.0. The van der Waals surface area contributed by atoms with Gasteiger partial charge < -0.3 is 22.0 Å². The van der Waals surface area contributed by atoms with Gasteiger partial charge in [-0.1, -0.05) is 135 Å². The van der Waals surface area contributed by atoms with Crippen LogP contribution in [0.1, 0.15) is 177 Å². The third-order valence-corrected chi connectivity index (χ3v) is 25.3. The van der Waals surface area contributed by atoms with Crippen LogP contribution < -0.4 is 18.9 Å². The Morgan fingerprint density at radius 2 is 0.522 bits per heavy atom. The van der Waals surface area contributed by atoms with Gasteiger partial charge in [-0.2, -0.15) is 0 Å². The highest BCUT2D eigenvalue weighted by Crippen LogP contribution is 2.37. The summed E-state index contributed by atoms with van der Waals surface area (Å²) in [6, 6.07) is 71.4. The number of ketones is 5. The molecule has 2 aromatic carbocycles. The van der Waals surface area contributed by atoms with Crippen LogP contribution in [0.5, 0.6) is 0 Å². The van der Waals surface area contributed by atoms with Crippen LogP contribution in [-0.4, -0.2) is 122 Å². The molecule has 0 amide bonds. The number of pyridine rings is 10. The SMILES string of the molecule is CC(=O)c1cc(-c2ccccn2)c2c(S(=O)(=O)NC(C)C)cccn12.CC(=O)c1cc(-c2ccccn2)c2c(S(=O)(=O)Nc3ccccc3)cccn12.CC(=O)c1cc(-c2ccccn2)c2cc(S(=O)(=O)NC(C)C)ccn12.CC(=O)c1cc(-c2ccccn2)c2cc(S(=O)(=O)Nc3ccccc3)ccn12.CC(=O)c1cc(-c2ccccn2)c2ccccn12.CC(C)C.CC(C)C.CC(C)C. The van der Waals surface area contributed by atoms with Gasteiger partial charge in [-0.25, -0.2) is 43.1 Å². The lowest BCUT2D eigenvalue weighted by molar-refractivity contribution is 0.0999. The lowest BCUT2D eigenvalue weighted by atomic mass is 10.1. The lowest BCUT2D eigenvalue weighted by Crippen LogP contribution is -2.30. The van der Waals surface area contributed by atoms with E-state index in [9.17, 15) is 57.6 Å². The number of sulfonamides is 4. The Labute approximate surface area is 795 Å². The van der Waals surface area contributed by atoms with Crippen molar-refractivity contribution < 1.29 is 57.6 Å². The van der Waals surface area contributed by atoms with Crippen LogP contribution in [0.25, 0.3) is 83.9 Å². The molecule has 706 valence electrons. The van der Waals surface area contributed by atoms with Gasteiger partial charge in [0.15, 0.2) is 28.9 Å². The van der Waals surface area contributed by atoms with Gasteiger partial charge in [-0.3, -0.25) is 58.3 Å². The zero-order chi connectivity index (χ0) is 99.1. The van der Waals surface area contributed by atoms with Crippen molar-refractivity contribution in [1.29, 1.82) is 0 Å². The molecule has 136 heavy (non-hydrogen) atoms. The smallest absolute Gasteiger partial charge is 0.264 e. The largest absolute Gasteiger partial charge is 0.313 e. The van der Waals surface area contributed by atoms with E-state index in [0.29, 0.717) is 107 Å². The van der Waals surface area contributed by atoms with Crippen molar-refractivity contribution in [3.8, 4) is 56.3 Å². The fourth-order valence-electron chi connectivity index (χ4n) is 13.9. The van der Waals surface area contributed by atoms with Crippen LogP contribution in [0.2, 0.25) is 0 Å². The van der Waals surface area contributed by atoms with Gasteiger partial charge in [0, 0.05) is 148 Å². The minimum absolute atomic E-state index is 0.0541. The van der Waals surface area contributed by atoms with Gasteiger partial charge in [0.2, 0.25) is 20.0 Å². The van der Waals surface area contributed by atoms with Gasteiger partial charge in [0.25, 0.3) is 20.0 Å². The summed E-state index contributed by atoms with van der Waals surface area (Å²) in [5.74, 6) is 2.02. The second-order valence-corrected chi connectivity index (χ2v) is 40.9. The van der Waals surface area contributed by atoms with E-state index in [4.69, 9.17) is 0 Å².